The first-order valence-corrected chi connectivity index (χ1v) is 4.28. The predicted molar refractivity (Wildman–Crippen MR) is 55.8 cm³/mol. The van der Waals surface area contributed by atoms with Gasteiger partial charge in [0, 0.05) is 12.4 Å². The Morgan fingerprint density at radius 3 is 2.85 bits per heavy atom. The molecule has 1 aromatic heterocycles. The smallest absolute Gasteiger partial charge is 0.0927 e. The van der Waals surface area contributed by atoms with Gasteiger partial charge in [-0.25, -0.2) is 0 Å². The first-order chi connectivity index (χ1) is 6.05. The third kappa shape index (κ3) is 2.64. The molecule has 2 nitrogen and oxygen atoms in total. The molecular formula is C10H11ClN2. The van der Waals surface area contributed by atoms with Gasteiger partial charge in [-0.3, -0.25) is 4.98 Å². The lowest BCUT2D eigenvalue weighted by Crippen LogP contribution is -2.28. The zero-order valence-electron chi connectivity index (χ0n) is 7.63. The maximum atomic E-state index is 5.89. The van der Waals surface area contributed by atoms with Crippen LogP contribution < -0.4 is 5.32 Å². The third-order valence-electron chi connectivity index (χ3n) is 1.58. The van der Waals surface area contributed by atoms with Crippen LogP contribution in [-0.4, -0.2) is 10.5 Å². The standard InChI is InChI=1S/C10H11ClN2/c1-4-10(2,3)13-9-5-6-12-7-8(9)11/h1,5-7H,2-3H3,(H,12,13). The zero-order chi connectivity index (χ0) is 9.90. The molecule has 0 aliphatic carbocycles. The summed E-state index contributed by atoms with van der Waals surface area (Å²) in [4.78, 5) is 3.88. The van der Waals surface area contributed by atoms with E-state index in [1.54, 1.807) is 18.5 Å². The van der Waals surface area contributed by atoms with Gasteiger partial charge in [0.2, 0.25) is 0 Å². The number of halogens is 1. The monoisotopic (exact) mass is 194 g/mol. The maximum absolute atomic E-state index is 5.89. The van der Waals surface area contributed by atoms with Crippen molar-refractivity contribution in [3.05, 3.63) is 23.5 Å². The van der Waals surface area contributed by atoms with Gasteiger partial charge in [-0.2, -0.15) is 0 Å². The topological polar surface area (TPSA) is 24.9 Å². The van der Waals surface area contributed by atoms with Gasteiger partial charge in [0.15, 0.2) is 0 Å². The quantitative estimate of drug-likeness (QED) is 0.732. The van der Waals surface area contributed by atoms with E-state index in [1.807, 2.05) is 13.8 Å². The summed E-state index contributed by atoms with van der Waals surface area (Å²) in [6.45, 7) is 3.81. The Labute approximate surface area is 83.3 Å². The fourth-order valence-corrected chi connectivity index (χ4v) is 1.02. The molecule has 0 aliphatic heterocycles. The molecule has 0 atom stereocenters. The molecule has 0 bridgehead atoms. The lowest BCUT2D eigenvalue weighted by Gasteiger charge is -2.21. The number of anilines is 1. The molecule has 0 saturated heterocycles. The molecule has 68 valence electrons. The number of pyridine rings is 1. The molecule has 0 unspecified atom stereocenters. The minimum atomic E-state index is -0.398. The molecule has 0 radical (unpaired) electrons. The van der Waals surface area contributed by atoms with Crippen LogP contribution in [0.1, 0.15) is 13.8 Å². The summed E-state index contributed by atoms with van der Waals surface area (Å²) in [5.41, 5.74) is 0.407. The van der Waals surface area contributed by atoms with Crippen molar-refractivity contribution >= 4 is 17.3 Å². The van der Waals surface area contributed by atoms with Crippen LogP contribution in [0.2, 0.25) is 5.02 Å². The number of hydrogen-bond donors (Lipinski definition) is 1. The van der Waals surface area contributed by atoms with E-state index in [0.717, 1.165) is 5.69 Å². The van der Waals surface area contributed by atoms with Crippen molar-refractivity contribution in [2.45, 2.75) is 19.4 Å². The summed E-state index contributed by atoms with van der Waals surface area (Å²) < 4.78 is 0. The van der Waals surface area contributed by atoms with Gasteiger partial charge in [0.25, 0.3) is 0 Å². The van der Waals surface area contributed by atoms with E-state index in [-0.39, 0.29) is 0 Å². The molecule has 1 rings (SSSR count). The highest BCUT2D eigenvalue weighted by Gasteiger charge is 2.14. The Morgan fingerprint density at radius 1 is 1.62 bits per heavy atom. The molecule has 1 N–H and O–H groups in total. The van der Waals surface area contributed by atoms with Crippen LogP contribution in [0.4, 0.5) is 5.69 Å². The zero-order valence-corrected chi connectivity index (χ0v) is 8.39. The number of aromatic nitrogens is 1. The molecule has 0 spiro atoms. The summed E-state index contributed by atoms with van der Waals surface area (Å²) in [6.07, 6.45) is 8.58. The van der Waals surface area contributed by atoms with Gasteiger partial charge >= 0.3 is 0 Å². The molecule has 3 heteroatoms. The van der Waals surface area contributed by atoms with Crippen molar-refractivity contribution in [1.82, 2.24) is 4.98 Å². The van der Waals surface area contributed by atoms with E-state index in [0.29, 0.717) is 5.02 Å². The molecule has 0 fully saturated rings. The van der Waals surface area contributed by atoms with Crippen LogP contribution in [-0.2, 0) is 0 Å². The highest BCUT2D eigenvalue weighted by molar-refractivity contribution is 6.33. The molecule has 0 amide bonds. The van der Waals surface area contributed by atoms with E-state index >= 15 is 0 Å². The number of hydrogen-bond acceptors (Lipinski definition) is 2. The van der Waals surface area contributed by atoms with Crippen LogP contribution in [0.5, 0.6) is 0 Å². The fraction of sp³-hybridized carbons (Fsp3) is 0.300. The van der Waals surface area contributed by atoms with Crippen molar-refractivity contribution in [2.24, 2.45) is 0 Å². The summed E-state index contributed by atoms with van der Waals surface area (Å²) in [7, 11) is 0. The minimum Gasteiger partial charge on any atom is -0.368 e. The normalized spacial score (nSPS) is 10.6. The summed E-state index contributed by atoms with van der Waals surface area (Å²) >= 11 is 5.89. The van der Waals surface area contributed by atoms with Crippen molar-refractivity contribution in [3.63, 3.8) is 0 Å². The number of terminal acetylenes is 1. The highest BCUT2D eigenvalue weighted by Crippen LogP contribution is 2.22. The van der Waals surface area contributed by atoms with Crippen LogP contribution in [0.15, 0.2) is 18.5 Å². The first kappa shape index (κ1) is 9.88. The predicted octanol–water partition coefficient (Wildman–Crippen LogP) is 2.56. The van der Waals surface area contributed by atoms with E-state index in [1.165, 1.54) is 0 Å². The minimum absolute atomic E-state index is 0.398. The molecular weight excluding hydrogens is 184 g/mol. The first-order valence-electron chi connectivity index (χ1n) is 3.90. The third-order valence-corrected chi connectivity index (χ3v) is 1.88. The molecule has 1 aromatic rings. The second-order valence-electron chi connectivity index (χ2n) is 3.25. The summed E-state index contributed by atoms with van der Waals surface area (Å²) in [6, 6.07) is 1.79. The van der Waals surface area contributed by atoms with Crippen molar-refractivity contribution in [1.29, 1.82) is 0 Å². The second-order valence-corrected chi connectivity index (χ2v) is 3.66. The van der Waals surface area contributed by atoms with Gasteiger partial charge < -0.3 is 5.32 Å². The molecule has 0 aromatic carbocycles. The molecule has 13 heavy (non-hydrogen) atoms. The Morgan fingerprint density at radius 2 is 2.31 bits per heavy atom. The van der Waals surface area contributed by atoms with Gasteiger partial charge in [-0.05, 0) is 19.9 Å². The van der Waals surface area contributed by atoms with Gasteiger partial charge in [0.05, 0.1) is 16.2 Å². The maximum Gasteiger partial charge on any atom is 0.0927 e. The van der Waals surface area contributed by atoms with Gasteiger partial charge in [-0.15, -0.1) is 6.42 Å². The van der Waals surface area contributed by atoms with Crippen LogP contribution >= 0.6 is 11.6 Å². The second kappa shape index (κ2) is 3.68. The van der Waals surface area contributed by atoms with Gasteiger partial charge in [0.1, 0.15) is 0 Å². The average Bonchev–Trinajstić information content (AvgIpc) is 2.09. The lowest BCUT2D eigenvalue weighted by atomic mass is 10.1. The molecule has 0 aliphatic rings. The van der Waals surface area contributed by atoms with Crippen molar-refractivity contribution in [3.8, 4) is 12.3 Å². The Kier molecular flexibility index (Phi) is 2.79. The highest BCUT2D eigenvalue weighted by atomic mass is 35.5. The van der Waals surface area contributed by atoms with Gasteiger partial charge in [-0.1, -0.05) is 17.5 Å². The van der Waals surface area contributed by atoms with E-state index in [2.05, 4.69) is 16.2 Å². The Bertz CT molecular complexity index is 339. The van der Waals surface area contributed by atoms with E-state index in [4.69, 9.17) is 18.0 Å². The largest absolute Gasteiger partial charge is 0.368 e. The number of rotatable bonds is 2. The number of nitrogens with zero attached hydrogens (tertiary/aromatic N) is 1. The van der Waals surface area contributed by atoms with Crippen LogP contribution in [0, 0.1) is 12.3 Å². The van der Waals surface area contributed by atoms with Crippen molar-refractivity contribution in [2.75, 3.05) is 5.32 Å². The Balaban J connectivity index is 2.88. The summed E-state index contributed by atoms with van der Waals surface area (Å²) in [5, 5.41) is 3.70. The van der Waals surface area contributed by atoms with Crippen LogP contribution in [0.3, 0.4) is 0 Å². The van der Waals surface area contributed by atoms with Crippen molar-refractivity contribution < 1.29 is 0 Å². The SMILES string of the molecule is C#CC(C)(C)Nc1ccncc1Cl. The van der Waals surface area contributed by atoms with E-state index in [9.17, 15) is 0 Å². The summed E-state index contributed by atoms with van der Waals surface area (Å²) in [5.74, 6) is 2.63. The number of nitrogens with one attached hydrogen (secondary N) is 1. The lowest BCUT2D eigenvalue weighted by molar-refractivity contribution is 0.741. The molecule has 0 saturated carbocycles. The van der Waals surface area contributed by atoms with Crippen LogP contribution in [0.25, 0.3) is 0 Å². The molecule has 1 heterocycles. The fourth-order valence-electron chi connectivity index (χ4n) is 0.849. The average molecular weight is 195 g/mol. The van der Waals surface area contributed by atoms with E-state index < -0.39 is 5.54 Å². The Hall–Kier alpha value is -1.20.